The first kappa shape index (κ1) is 10.3. The van der Waals surface area contributed by atoms with E-state index in [4.69, 9.17) is 5.73 Å². The fraction of sp³-hybridized carbons (Fsp3) is 0.222. The van der Waals surface area contributed by atoms with Gasteiger partial charge in [-0.2, -0.15) is 0 Å². The van der Waals surface area contributed by atoms with Crippen LogP contribution in [-0.2, 0) is 0 Å². The number of hydrogen-bond acceptors (Lipinski definition) is 4. The van der Waals surface area contributed by atoms with Crippen molar-refractivity contribution < 1.29 is 4.79 Å². The third kappa shape index (κ3) is 1.66. The zero-order valence-corrected chi connectivity index (χ0v) is 9.60. The van der Waals surface area contributed by atoms with E-state index in [-0.39, 0.29) is 5.78 Å². The number of ketones is 1. The van der Waals surface area contributed by atoms with Crippen LogP contribution in [0.5, 0.6) is 0 Å². The molecule has 0 saturated carbocycles. The molecule has 0 saturated heterocycles. The van der Waals surface area contributed by atoms with Crippen LogP contribution in [-0.4, -0.2) is 26.2 Å². The number of carbonyl (C=O) groups is 1. The molecule has 0 bridgehead atoms. The van der Waals surface area contributed by atoms with Crippen molar-refractivity contribution in [1.82, 2.24) is 14.4 Å². The fourth-order valence-corrected chi connectivity index (χ4v) is 1.83. The zero-order chi connectivity index (χ0) is 11.0. The Morgan fingerprint density at radius 1 is 1.67 bits per heavy atom. The lowest BCUT2D eigenvalue weighted by atomic mass is 10.2. The topological polar surface area (TPSA) is 73.3 Å². The maximum atomic E-state index is 11.7. The van der Waals surface area contributed by atoms with Crippen LogP contribution < -0.4 is 5.73 Å². The number of halogens is 1. The summed E-state index contributed by atoms with van der Waals surface area (Å²) in [7, 11) is 0. The van der Waals surface area contributed by atoms with Gasteiger partial charge in [-0.15, -0.1) is 0 Å². The Morgan fingerprint density at radius 2 is 2.40 bits per heavy atom. The van der Waals surface area contributed by atoms with Gasteiger partial charge in [-0.3, -0.25) is 14.2 Å². The number of aromatic nitrogens is 3. The van der Waals surface area contributed by atoms with E-state index in [2.05, 4.69) is 25.9 Å². The molecule has 2 aromatic rings. The first-order valence-electron chi connectivity index (χ1n) is 4.38. The Hall–Kier alpha value is -1.27. The van der Waals surface area contributed by atoms with E-state index in [1.54, 1.807) is 29.9 Å². The molecule has 0 radical (unpaired) electrons. The summed E-state index contributed by atoms with van der Waals surface area (Å²) in [5, 5.41) is 0. The average Bonchev–Trinajstić information content (AvgIpc) is 2.56. The predicted molar refractivity (Wildman–Crippen MR) is 58.7 cm³/mol. The van der Waals surface area contributed by atoms with E-state index in [0.717, 1.165) is 0 Å². The fourth-order valence-electron chi connectivity index (χ4n) is 1.25. The summed E-state index contributed by atoms with van der Waals surface area (Å²) in [6.45, 7) is 1.64. The molecule has 2 aromatic heterocycles. The minimum absolute atomic E-state index is 0.189. The Morgan fingerprint density at radius 3 is 3.00 bits per heavy atom. The summed E-state index contributed by atoms with van der Waals surface area (Å²) in [6.07, 6.45) is 4.94. The molecule has 2 N–H and O–H groups in total. The Kier molecular flexibility index (Phi) is 2.54. The minimum atomic E-state index is -0.556. The van der Waals surface area contributed by atoms with Crippen molar-refractivity contribution in [3.63, 3.8) is 0 Å². The van der Waals surface area contributed by atoms with Gasteiger partial charge in [0.15, 0.2) is 11.4 Å². The first-order chi connectivity index (χ1) is 7.11. The molecule has 5 nitrogen and oxygen atoms in total. The Bertz CT molecular complexity index is 520. The molecule has 0 fully saturated rings. The molecule has 78 valence electrons. The largest absolute Gasteiger partial charge is 0.321 e. The van der Waals surface area contributed by atoms with Gasteiger partial charge in [-0.25, -0.2) is 4.98 Å². The summed E-state index contributed by atoms with van der Waals surface area (Å²) in [4.78, 5) is 19.8. The van der Waals surface area contributed by atoms with Crippen LogP contribution in [0.3, 0.4) is 0 Å². The third-order valence-electron chi connectivity index (χ3n) is 2.02. The molecule has 0 aliphatic carbocycles. The van der Waals surface area contributed by atoms with Crippen molar-refractivity contribution in [3.8, 4) is 0 Å². The first-order valence-corrected chi connectivity index (χ1v) is 5.18. The molecule has 6 heteroatoms. The second-order valence-corrected chi connectivity index (χ2v) is 3.96. The van der Waals surface area contributed by atoms with Crippen LogP contribution >= 0.6 is 15.9 Å². The minimum Gasteiger partial charge on any atom is -0.321 e. The van der Waals surface area contributed by atoms with Crippen molar-refractivity contribution in [2.75, 3.05) is 0 Å². The second kappa shape index (κ2) is 3.71. The molecule has 0 aromatic carbocycles. The molecule has 0 aliphatic heterocycles. The Labute approximate surface area is 94.5 Å². The van der Waals surface area contributed by atoms with Crippen molar-refractivity contribution in [1.29, 1.82) is 0 Å². The number of hydrogen-bond donors (Lipinski definition) is 1. The zero-order valence-electron chi connectivity index (χ0n) is 8.01. The van der Waals surface area contributed by atoms with Crippen molar-refractivity contribution in [2.45, 2.75) is 13.0 Å². The number of nitrogens with zero attached hydrogens (tertiary/aromatic N) is 3. The molecule has 0 amide bonds. The summed E-state index contributed by atoms with van der Waals surface area (Å²) in [5.41, 5.74) is 6.49. The van der Waals surface area contributed by atoms with E-state index in [0.29, 0.717) is 15.9 Å². The van der Waals surface area contributed by atoms with E-state index >= 15 is 0 Å². The highest BCUT2D eigenvalue weighted by atomic mass is 79.9. The van der Waals surface area contributed by atoms with Gasteiger partial charge in [-0.1, -0.05) is 0 Å². The standard InChI is InChI=1S/C9H9BrN4O/c1-5(11)8(15)7-9(10)14-3-2-12-4-6(14)13-7/h2-5H,11H2,1H3. The third-order valence-corrected chi connectivity index (χ3v) is 2.78. The van der Waals surface area contributed by atoms with E-state index < -0.39 is 6.04 Å². The number of nitrogens with two attached hydrogens (primary N) is 1. The lowest BCUT2D eigenvalue weighted by Gasteiger charge is -2.00. The highest BCUT2D eigenvalue weighted by Gasteiger charge is 2.19. The predicted octanol–water partition coefficient (Wildman–Crippen LogP) is 1.02. The SMILES string of the molecule is CC(N)C(=O)c1nc2cnccn2c1Br. The highest BCUT2D eigenvalue weighted by molar-refractivity contribution is 9.10. The van der Waals surface area contributed by atoms with Crippen LogP contribution in [0.4, 0.5) is 0 Å². The molecule has 2 rings (SSSR count). The monoisotopic (exact) mass is 268 g/mol. The normalized spacial score (nSPS) is 13.0. The average molecular weight is 269 g/mol. The van der Waals surface area contributed by atoms with Crippen LogP contribution in [0.15, 0.2) is 23.2 Å². The van der Waals surface area contributed by atoms with Gasteiger partial charge < -0.3 is 5.73 Å². The van der Waals surface area contributed by atoms with Crippen LogP contribution in [0, 0.1) is 0 Å². The lowest BCUT2D eigenvalue weighted by Crippen LogP contribution is -2.27. The molecule has 1 atom stereocenters. The van der Waals surface area contributed by atoms with Gasteiger partial charge in [-0.05, 0) is 22.9 Å². The number of rotatable bonds is 2. The van der Waals surface area contributed by atoms with Gasteiger partial charge in [0.25, 0.3) is 0 Å². The molecule has 0 spiro atoms. The van der Waals surface area contributed by atoms with Crippen molar-refractivity contribution >= 4 is 27.4 Å². The molecule has 2 heterocycles. The summed E-state index contributed by atoms with van der Waals surface area (Å²) in [5.74, 6) is -0.189. The van der Waals surface area contributed by atoms with Gasteiger partial charge >= 0.3 is 0 Å². The number of imidazole rings is 1. The van der Waals surface area contributed by atoms with Gasteiger partial charge in [0, 0.05) is 12.4 Å². The van der Waals surface area contributed by atoms with E-state index in [1.165, 1.54) is 0 Å². The maximum absolute atomic E-state index is 11.7. The summed E-state index contributed by atoms with van der Waals surface area (Å²) < 4.78 is 2.35. The quantitative estimate of drug-likeness (QED) is 0.826. The summed E-state index contributed by atoms with van der Waals surface area (Å²) >= 11 is 3.32. The van der Waals surface area contributed by atoms with Crippen LogP contribution in [0.2, 0.25) is 0 Å². The van der Waals surface area contributed by atoms with Crippen molar-refractivity contribution in [2.24, 2.45) is 5.73 Å². The highest BCUT2D eigenvalue weighted by Crippen LogP contribution is 2.19. The molecular formula is C9H9BrN4O. The van der Waals surface area contributed by atoms with Crippen molar-refractivity contribution in [3.05, 3.63) is 28.9 Å². The summed E-state index contributed by atoms with van der Waals surface area (Å²) in [6, 6.07) is -0.556. The molecule has 15 heavy (non-hydrogen) atoms. The van der Waals surface area contributed by atoms with E-state index in [1.807, 2.05) is 0 Å². The van der Waals surface area contributed by atoms with Gasteiger partial charge in [0.1, 0.15) is 10.3 Å². The van der Waals surface area contributed by atoms with Crippen LogP contribution in [0.1, 0.15) is 17.4 Å². The van der Waals surface area contributed by atoms with Gasteiger partial charge in [0.05, 0.1) is 12.2 Å². The number of Topliss-reactive ketones (excluding diaryl/α,β-unsaturated/α-hetero) is 1. The molecule has 0 aliphatic rings. The Balaban J connectivity index is 2.63. The van der Waals surface area contributed by atoms with E-state index in [9.17, 15) is 4.79 Å². The lowest BCUT2D eigenvalue weighted by molar-refractivity contribution is 0.0963. The second-order valence-electron chi connectivity index (χ2n) is 3.21. The smallest absolute Gasteiger partial charge is 0.200 e. The molecule has 1 unspecified atom stereocenters. The number of fused-ring (bicyclic) bond motifs is 1. The van der Waals surface area contributed by atoms with Crippen LogP contribution in [0.25, 0.3) is 5.65 Å². The maximum Gasteiger partial charge on any atom is 0.200 e. The number of carbonyl (C=O) groups excluding carboxylic acids is 1. The molecular weight excluding hydrogens is 260 g/mol. The van der Waals surface area contributed by atoms with Gasteiger partial charge in [0.2, 0.25) is 0 Å².